The molecule has 3 aromatic rings. The Morgan fingerprint density at radius 3 is 2.45 bits per heavy atom. The summed E-state index contributed by atoms with van der Waals surface area (Å²) in [6, 6.07) is 14.8. The standard InChI is InChI=1S/C25H23Cl2NO5/c1-3-10-33-18-6-7-19(22(27)13-18)24(29)28-14-17-11-15(5-9-23(17)32-2)20-12-16(25(30)31)4-8-21(20)26/h4-9,11-13H,3,10,14H2,1-2H3,(H,28,29)(H,30,31). The largest absolute Gasteiger partial charge is 0.496 e. The monoisotopic (exact) mass is 487 g/mol. The number of carboxylic acids is 1. The Morgan fingerprint density at radius 2 is 1.79 bits per heavy atom. The Balaban J connectivity index is 1.82. The number of amides is 1. The number of hydrogen-bond acceptors (Lipinski definition) is 4. The smallest absolute Gasteiger partial charge is 0.335 e. The van der Waals surface area contributed by atoms with Crippen LogP contribution in [0.15, 0.2) is 54.6 Å². The van der Waals surface area contributed by atoms with Crippen LogP contribution in [0.2, 0.25) is 10.0 Å². The van der Waals surface area contributed by atoms with Gasteiger partial charge in [-0.25, -0.2) is 4.79 Å². The Bertz CT molecular complexity index is 1180. The minimum Gasteiger partial charge on any atom is -0.496 e. The molecular weight excluding hydrogens is 465 g/mol. The molecule has 0 saturated carbocycles. The van der Waals surface area contributed by atoms with Crippen molar-refractivity contribution in [2.75, 3.05) is 13.7 Å². The number of halogens is 2. The second-order valence-corrected chi connectivity index (χ2v) is 8.01. The molecule has 172 valence electrons. The molecule has 3 rings (SSSR count). The van der Waals surface area contributed by atoms with E-state index >= 15 is 0 Å². The lowest BCUT2D eigenvalue weighted by atomic mass is 10.00. The van der Waals surface area contributed by atoms with Gasteiger partial charge in [-0.3, -0.25) is 4.79 Å². The predicted octanol–water partition coefficient (Wildman–Crippen LogP) is 6.09. The Hall–Kier alpha value is -3.22. The van der Waals surface area contributed by atoms with Crippen molar-refractivity contribution in [2.24, 2.45) is 0 Å². The summed E-state index contributed by atoms with van der Waals surface area (Å²) in [5, 5.41) is 12.8. The van der Waals surface area contributed by atoms with Crippen molar-refractivity contribution in [2.45, 2.75) is 19.9 Å². The molecule has 2 N–H and O–H groups in total. The van der Waals surface area contributed by atoms with Crippen molar-refractivity contribution in [3.8, 4) is 22.6 Å². The van der Waals surface area contributed by atoms with Gasteiger partial charge >= 0.3 is 5.97 Å². The SMILES string of the molecule is CCCOc1ccc(C(=O)NCc2cc(-c3cc(C(=O)O)ccc3Cl)ccc2OC)c(Cl)c1. The summed E-state index contributed by atoms with van der Waals surface area (Å²) in [5.41, 5.74) is 2.41. The molecule has 3 aromatic carbocycles. The van der Waals surface area contributed by atoms with E-state index in [0.29, 0.717) is 50.4 Å². The number of nitrogens with one attached hydrogen (secondary N) is 1. The molecule has 0 saturated heterocycles. The maximum absolute atomic E-state index is 12.7. The van der Waals surface area contributed by atoms with Crippen LogP contribution in [0.5, 0.6) is 11.5 Å². The molecule has 0 radical (unpaired) electrons. The van der Waals surface area contributed by atoms with Gasteiger partial charge in [-0.05, 0) is 60.5 Å². The van der Waals surface area contributed by atoms with Crippen LogP contribution >= 0.6 is 23.2 Å². The lowest BCUT2D eigenvalue weighted by molar-refractivity contribution is 0.0696. The molecule has 0 atom stereocenters. The van der Waals surface area contributed by atoms with Crippen LogP contribution in [0.25, 0.3) is 11.1 Å². The molecule has 0 heterocycles. The highest BCUT2D eigenvalue weighted by Gasteiger charge is 2.15. The molecular formula is C25H23Cl2NO5. The van der Waals surface area contributed by atoms with Gasteiger partial charge in [-0.15, -0.1) is 0 Å². The predicted molar refractivity (Wildman–Crippen MR) is 129 cm³/mol. The quantitative estimate of drug-likeness (QED) is 0.381. The van der Waals surface area contributed by atoms with Crippen LogP contribution in [0.1, 0.15) is 39.6 Å². The van der Waals surface area contributed by atoms with Crippen molar-refractivity contribution in [3.63, 3.8) is 0 Å². The summed E-state index contributed by atoms with van der Waals surface area (Å²) < 4.78 is 11.0. The number of hydrogen-bond donors (Lipinski definition) is 2. The summed E-state index contributed by atoms with van der Waals surface area (Å²) in [6.07, 6.45) is 0.868. The fraction of sp³-hybridized carbons (Fsp3) is 0.200. The van der Waals surface area contributed by atoms with Crippen LogP contribution in [0.4, 0.5) is 0 Å². The summed E-state index contributed by atoms with van der Waals surface area (Å²) in [4.78, 5) is 24.1. The number of rotatable bonds is 9. The van der Waals surface area contributed by atoms with Gasteiger partial charge in [-0.1, -0.05) is 36.2 Å². The molecule has 0 aliphatic heterocycles. The van der Waals surface area contributed by atoms with Gasteiger partial charge in [0.1, 0.15) is 11.5 Å². The van der Waals surface area contributed by atoms with Gasteiger partial charge in [0.25, 0.3) is 5.91 Å². The van der Waals surface area contributed by atoms with Gasteiger partial charge in [0.05, 0.1) is 29.9 Å². The molecule has 0 unspecified atom stereocenters. The highest BCUT2D eigenvalue weighted by atomic mass is 35.5. The van der Waals surface area contributed by atoms with E-state index in [1.165, 1.54) is 19.2 Å². The summed E-state index contributed by atoms with van der Waals surface area (Å²) >= 11 is 12.6. The average Bonchev–Trinajstić information content (AvgIpc) is 2.81. The topological polar surface area (TPSA) is 84.9 Å². The van der Waals surface area contributed by atoms with Crippen molar-refractivity contribution < 1.29 is 24.2 Å². The van der Waals surface area contributed by atoms with Gasteiger partial charge in [-0.2, -0.15) is 0 Å². The lowest BCUT2D eigenvalue weighted by Crippen LogP contribution is -2.23. The number of carboxylic acid groups (broad SMARTS) is 1. The van der Waals surface area contributed by atoms with Crippen molar-refractivity contribution >= 4 is 35.1 Å². The van der Waals surface area contributed by atoms with Crippen LogP contribution in [-0.2, 0) is 6.54 Å². The number of methoxy groups -OCH3 is 1. The van der Waals surface area contributed by atoms with E-state index in [2.05, 4.69) is 5.32 Å². The van der Waals surface area contributed by atoms with E-state index in [1.807, 2.05) is 6.92 Å². The third kappa shape index (κ3) is 5.97. The average molecular weight is 488 g/mol. The van der Waals surface area contributed by atoms with Gasteiger partial charge in [0.2, 0.25) is 0 Å². The molecule has 6 nitrogen and oxygen atoms in total. The first-order valence-electron chi connectivity index (χ1n) is 10.2. The zero-order valence-corrected chi connectivity index (χ0v) is 19.7. The maximum Gasteiger partial charge on any atom is 0.335 e. The maximum atomic E-state index is 12.7. The zero-order valence-electron chi connectivity index (χ0n) is 18.2. The minimum atomic E-state index is -1.04. The number of carbonyl (C=O) groups excluding carboxylic acids is 1. The highest BCUT2D eigenvalue weighted by molar-refractivity contribution is 6.34. The summed E-state index contributed by atoms with van der Waals surface area (Å²) in [6.45, 7) is 2.73. The van der Waals surface area contributed by atoms with E-state index in [1.54, 1.807) is 42.5 Å². The number of benzene rings is 3. The summed E-state index contributed by atoms with van der Waals surface area (Å²) in [5.74, 6) is -0.218. The van der Waals surface area contributed by atoms with Crippen LogP contribution in [0.3, 0.4) is 0 Å². The van der Waals surface area contributed by atoms with Crippen LogP contribution < -0.4 is 14.8 Å². The fourth-order valence-corrected chi connectivity index (χ4v) is 3.71. The Labute approximate surface area is 202 Å². The lowest BCUT2D eigenvalue weighted by Gasteiger charge is -2.14. The normalized spacial score (nSPS) is 10.5. The number of aromatic carboxylic acids is 1. The molecule has 0 aliphatic rings. The second-order valence-electron chi connectivity index (χ2n) is 7.20. The van der Waals surface area contributed by atoms with Crippen molar-refractivity contribution in [3.05, 3.63) is 81.3 Å². The van der Waals surface area contributed by atoms with E-state index in [-0.39, 0.29) is 18.0 Å². The van der Waals surface area contributed by atoms with Gasteiger partial charge in [0, 0.05) is 22.7 Å². The van der Waals surface area contributed by atoms with E-state index in [4.69, 9.17) is 32.7 Å². The third-order valence-corrected chi connectivity index (χ3v) is 5.54. The fourth-order valence-electron chi connectivity index (χ4n) is 3.22. The molecule has 8 heteroatoms. The Morgan fingerprint density at radius 1 is 1.00 bits per heavy atom. The first-order valence-corrected chi connectivity index (χ1v) is 11.0. The third-order valence-electron chi connectivity index (χ3n) is 4.90. The molecule has 1 amide bonds. The second kappa shape index (κ2) is 11.1. The molecule has 0 spiro atoms. The zero-order chi connectivity index (χ0) is 24.0. The highest BCUT2D eigenvalue weighted by Crippen LogP contribution is 2.32. The molecule has 0 bridgehead atoms. The number of carbonyl (C=O) groups is 2. The van der Waals surface area contributed by atoms with E-state index in [9.17, 15) is 14.7 Å². The summed E-state index contributed by atoms with van der Waals surface area (Å²) in [7, 11) is 1.53. The molecule has 33 heavy (non-hydrogen) atoms. The van der Waals surface area contributed by atoms with Crippen molar-refractivity contribution in [1.82, 2.24) is 5.32 Å². The van der Waals surface area contributed by atoms with Crippen molar-refractivity contribution in [1.29, 1.82) is 0 Å². The van der Waals surface area contributed by atoms with Gasteiger partial charge < -0.3 is 19.9 Å². The van der Waals surface area contributed by atoms with Crippen LogP contribution in [-0.4, -0.2) is 30.7 Å². The van der Waals surface area contributed by atoms with Crippen LogP contribution in [0, 0.1) is 0 Å². The van der Waals surface area contributed by atoms with E-state index in [0.717, 1.165) is 6.42 Å². The molecule has 0 aliphatic carbocycles. The Kier molecular flexibility index (Phi) is 8.20. The van der Waals surface area contributed by atoms with E-state index < -0.39 is 5.97 Å². The minimum absolute atomic E-state index is 0.126. The molecule has 0 aromatic heterocycles. The molecule has 0 fully saturated rings. The first-order chi connectivity index (χ1) is 15.8. The van der Waals surface area contributed by atoms with Gasteiger partial charge in [0.15, 0.2) is 0 Å². The number of ether oxygens (including phenoxy) is 2. The first kappa shape index (κ1) is 24.4.